The molecule has 29 heavy (non-hydrogen) atoms. The molecule has 0 atom stereocenters. The Bertz CT molecular complexity index is 372. The molecule has 0 heterocycles. The number of ether oxygens (including phenoxy) is 2. The van der Waals surface area contributed by atoms with E-state index >= 15 is 0 Å². The van der Waals surface area contributed by atoms with Crippen molar-refractivity contribution in [3.05, 3.63) is 0 Å². The molecule has 0 spiro atoms. The fourth-order valence-electron chi connectivity index (χ4n) is 2.99. The Morgan fingerprint density at radius 2 is 0.966 bits per heavy atom. The van der Waals surface area contributed by atoms with Crippen molar-refractivity contribution in [2.45, 2.75) is 104 Å². The first kappa shape index (κ1) is 27.9. The summed E-state index contributed by atoms with van der Waals surface area (Å²) in [6, 6.07) is 0. The van der Waals surface area contributed by atoms with E-state index in [1.165, 1.54) is 38.5 Å². The van der Waals surface area contributed by atoms with E-state index in [0.29, 0.717) is 12.8 Å². The van der Waals surface area contributed by atoms with Crippen LogP contribution in [0.15, 0.2) is 0 Å². The van der Waals surface area contributed by atoms with E-state index < -0.39 is 18.6 Å². The number of carbonyl (C=O) groups is 2. The minimum absolute atomic E-state index is 0.154. The summed E-state index contributed by atoms with van der Waals surface area (Å²) in [5, 5.41) is 19.3. The van der Waals surface area contributed by atoms with E-state index in [1.54, 1.807) is 0 Å². The zero-order valence-corrected chi connectivity index (χ0v) is 18.8. The van der Waals surface area contributed by atoms with Crippen molar-refractivity contribution >= 4 is 11.9 Å². The lowest BCUT2D eigenvalue weighted by Gasteiger charge is -2.28. The van der Waals surface area contributed by atoms with Crippen molar-refractivity contribution in [3.63, 3.8) is 0 Å². The fourth-order valence-corrected chi connectivity index (χ4v) is 2.99. The van der Waals surface area contributed by atoms with Gasteiger partial charge in [-0.05, 0) is 12.8 Å². The molecule has 0 aliphatic heterocycles. The number of hydrogen-bond acceptors (Lipinski definition) is 6. The van der Waals surface area contributed by atoms with E-state index in [4.69, 9.17) is 9.47 Å². The maximum absolute atomic E-state index is 11.9. The summed E-state index contributed by atoms with van der Waals surface area (Å²) in [6.07, 6.45) is 13.6. The summed E-state index contributed by atoms with van der Waals surface area (Å²) in [6.45, 7) is 3.18. The Morgan fingerprint density at radius 3 is 1.31 bits per heavy atom. The average molecular weight is 417 g/mol. The Morgan fingerprint density at radius 1 is 0.621 bits per heavy atom. The van der Waals surface area contributed by atoms with Gasteiger partial charge in [0, 0.05) is 12.8 Å². The second-order valence-electron chi connectivity index (χ2n) is 8.17. The van der Waals surface area contributed by atoms with Crippen LogP contribution >= 0.6 is 0 Å². The molecule has 0 bridgehead atoms. The highest BCUT2D eigenvalue weighted by molar-refractivity contribution is 5.69. The lowest BCUT2D eigenvalue weighted by molar-refractivity contribution is -0.159. The van der Waals surface area contributed by atoms with Crippen LogP contribution in [0.5, 0.6) is 0 Å². The summed E-state index contributed by atoms with van der Waals surface area (Å²) in [5.74, 6) is -0.685. The van der Waals surface area contributed by atoms with Gasteiger partial charge in [-0.1, -0.05) is 78.1 Å². The molecular weight excluding hydrogens is 372 g/mol. The predicted octanol–water partition coefficient (Wildman–Crippen LogP) is 4.55. The van der Waals surface area contributed by atoms with Gasteiger partial charge >= 0.3 is 11.9 Å². The van der Waals surface area contributed by atoms with Crippen LogP contribution in [-0.2, 0) is 19.1 Å². The molecule has 0 amide bonds. The molecule has 0 unspecified atom stereocenters. The van der Waals surface area contributed by atoms with Crippen molar-refractivity contribution in [2.24, 2.45) is 5.41 Å². The van der Waals surface area contributed by atoms with Gasteiger partial charge < -0.3 is 19.7 Å². The van der Waals surface area contributed by atoms with Gasteiger partial charge in [-0.2, -0.15) is 0 Å². The molecule has 0 saturated heterocycles. The standard InChI is InChI=1S/C23H44O6/c1-3-5-7-9-11-13-15-21(26)28-19-23(17-24,18-25)20-29-22(27)16-14-12-10-8-6-4-2/h24-25H,3-20H2,1-2H3. The number of aliphatic hydroxyl groups excluding tert-OH is 2. The monoisotopic (exact) mass is 416 g/mol. The van der Waals surface area contributed by atoms with Crippen LogP contribution in [0, 0.1) is 5.41 Å². The number of hydrogen-bond donors (Lipinski definition) is 2. The van der Waals surface area contributed by atoms with Gasteiger partial charge in [-0.25, -0.2) is 0 Å². The molecule has 0 aliphatic carbocycles. The molecule has 6 heteroatoms. The predicted molar refractivity (Wildman–Crippen MR) is 115 cm³/mol. The first-order valence-corrected chi connectivity index (χ1v) is 11.6. The van der Waals surface area contributed by atoms with Crippen LogP contribution in [0.3, 0.4) is 0 Å². The summed E-state index contributed by atoms with van der Waals surface area (Å²) in [5.41, 5.74) is -1.15. The zero-order chi connectivity index (χ0) is 21.8. The van der Waals surface area contributed by atoms with Crippen LogP contribution < -0.4 is 0 Å². The molecular formula is C23H44O6. The Kier molecular flexibility index (Phi) is 18.1. The minimum Gasteiger partial charge on any atom is -0.465 e. The average Bonchev–Trinajstić information content (AvgIpc) is 2.73. The molecule has 0 aromatic rings. The molecule has 0 rings (SSSR count). The summed E-state index contributed by atoms with van der Waals surface area (Å²) in [4.78, 5) is 23.8. The molecule has 6 nitrogen and oxygen atoms in total. The lowest BCUT2D eigenvalue weighted by atomic mass is 9.92. The topological polar surface area (TPSA) is 93.1 Å². The first-order chi connectivity index (χ1) is 14.0. The van der Waals surface area contributed by atoms with Gasteiger partial charge in [-0.15, -0.1) is 0 Å². The smallest absolute Gasteiger partial charge is 0.305 e. The third-order valence-corrected chi connectivity index (χ3v) is 5.22. The van der Waals surface area contributed by atoms with Gasteiger partial charge in [0.05, 0.1) is 18.6 Å². The second-order valence-corrected chi connectivity index (χ2v) is 8.17. The highest BCUT2D eigenvalue weighted by Gasteiger charge is 2.32. The number of rotatable bonds is 20. The highest BCUT2D eigenvalue weighted by atomic mass is 16.5. The van der Waals surface area contributed by atoms with E-state index in [2.05, 4.69) is 13.8 Å². The van der Waals surface area contributed by atoms with E-state index in [-0.39, 0.29) is 25.2 Å². The van der Waals surface area contributed by atoms with Crippen LogP contribution in [0.2, 0.25) is 0 Å². The lowest BCUT2D eigenvalue weighted by Crippen LogP contribution is -2.41. The van der Waals surface area contributed by atoms with Gasteiger partial charge in [0.2, 0.25) is 0 Å². The number of esters is 2. The normalized spacial score (nSPS) is 11.4. The second kappa shape index (κ2) is 18.9. The molecule has 0 aromatic carbocycles. The number of carbonyl (C=O) groups excluding carboxylic acids is 2. The number of aliphatic hydroxyl groups is 2. The third-order valence-electron chi connectivity index (χ3n) is 5.22. The van der Waals surface area contributed by atoms with Gasteiger partial charge in [0.15, 0.2) is 0 Å². The SMILES string of the molecule is CCCCCCCCC(=O)OCC(CO)(CO)COC(=O)CCCCCCCC. The van der Waals surface area contributed by atoms with E-state index in [1.807, 2.05) is 0 Å². The van der Waals surface area contributed by atoms with Crippen molar-refractivity contribution in [3.8, 4) is 0 Å². The Labute approximate surface area is 177 Å². The summed E-state index contributed by atoms with van der Waals surface area (Å²) >= 11 is 0. The van der Waals surface area contributed by atoms with Crippen molar-refractivity contribution in [1.29, 1.82) is 0 Å². The Balaban J connectivity index is 4.06. The Hall–Kier alpha value is -1.14. The molecule has 0 aliphatic rings. The summed E-state index contributed by atoms with van der Waals surface area (Å²) < 4.78 is 10.5. The maximum atomic E-state index is 11.9. The van der Waals surface area contributed by atoms with Crippen molar-refractivity contribution < 1.29 is 29.3 Å². The highest BCUT2D eigenvalue weighted by Crippen LogP contribution is 2.19. The molecule has 0 saturated carbocycles. The maximum Gasteiger partial charge on any atom is 0.305 e. The van der Waals surface area contributed by atoms with Gasteiger partial charge in [0.25, 0.3) is 0 Å². The van der Waals surface area contributed by atoms with Crippen LogP contribution in [0.25, 0.3) is 0 Å². The molecule has 172 valence electrons. The quantitative estimate of drug-likeness (QED) is 0.223. The third kappa shape index (κ3) is 15.4. The molecule has 0 fully saturated rings. The summed E-state index contributed by atoms with van der Waals surface area (Å²) in [7, 11) is 0. The molecule has 0 radical (unpaired) electrons. The van der Waals surface area contributed by atoms with Crippen LogP contribution in [-0.4, -0.2) is 48.6 Å². The van der Waals surface area contributed by atoms with Crippen molar-refractivity contribution in [1.82, 2.24) is 0 Å². The zero-order valence-electron chi connectivity index (χ0n) is 18.8. The van der Waals surface area contributed by atoms with E-state index in [9.17, 15) is 19.8 Å². The minimum atomic E-state index is -1.15. The largest absolute Gasteiger partial charge is 0.465 e. The molecule has 0 aromatic heterocycles. The van der Waals surface area contributed by atoms with E-state index in [0.717, 1.165) is 38.5 Å². The van der Waals surface area contributed by atoms with Crippen molar-refractivity contribution in [2.75, 3.05) is 26.4 Å². The van der Waals surface area contributed by atoms with Gasteiger partial charge in [0.1, 0.15) is 13.2 Å². The van der Waals surface area contributed by atoms with Crippen LogP contribution in [0.4, 0.5) is 0 Å². The molecule has 2 N–H and O–H groups in total. The number of unbranched alkanes of at least 4 members (excludes halogenated alkanes) is 10. The van der Waals surface area contributed by atoms with Crippen LogP contribution in [0.1, 0.15) is 104 Å². The fraction of sp³-hybridized carbons (Fsp3) is 0.913. The van der Waals surface area contributed by atoms with Gasteiger partial charge in [-0.3, -0.25) is 9.59 Å². The first-order valence-electron chi connectivity index (χ1n) is 11.6.